The smallest absolute Gasteiger partial charge is 0.164 e. The van der Waals surface area contributed by atoms with Crippen LogP contribution in [0.1, 0.15) is 0 Å². The van der Waals surface area contributed by atoms with E-state index in [1.807, 2.05) is 48.5 Å². The third kappa shape index (κ3) is 5.29. The van der Waals surface area contributed by atoms with Gasteiger partial charge in [0.25, 0.3) is 0 Å². The molecule has 8 aromatic carbocycles. The van der Waals surface area contributed by atoms with Gasteiger partial charge in [-0.15, -0.1) is 0 Å². The Bertz CT molecular complexity index is 3190. The van der Waals surface area contributed by atoms with Crippen molar-refractivity contribution in [2.45, 2.75) is 0 Å². The van der Waals surface area contributed by atoms with E-state index < -0.39 is 0 Å². The molecule has 0 radical (unpaired) electrons. The number of hydrogen-bond donors (Lipinski definition) is 0. The number of fused-ring (bicyclic) bond motifs is 6. The molecule has 0 aliphatic heterocycles. The van der Waals surface area contributed by atoms with E-state index in [0.717, 1.165) is 77.6 Å². The van der Waals surface area contributed by atoms with E-state index in [-0.39, 0.29) is 0 Å². The van der Waals surface area contributed by atoms with Gasteiger partial charge in [0.05, 0.1) is 16.7 Å². The number of benzene rings is 8. The first-order valence-corrected chi connectivity index (χ1v) is 18.8. The highest BCUT2D eigenvalue weighted by Gasteiger charge is 2.21. The summed E-state index contributed by atoms with van der Waals surface area (Å²) in [5.74, 6) is 1.75. The lowest BCUT2D eigenvalue weighted by molar-refractivity contribution is 0.669. The van der Waals surface area contributed by atoms with Crippen LogP contribution in [0.5, 0.6) is 0 Å². The minimum atomic E-state index is 0.568. The molecule has 0 aliphatic rings. The lowest BCUT2D eigenvalue weighted by atomic mass is 9.96. The summed E-state index contributed by atoms with van der Waals surface area (Å²) in [4.78, 5) is 15.6. The first kappa shape index (κ1) is 31.9. The van der Waals surface area contributed by atoms with Crippen molar-refractivity contribution < 1.29 is 4.42 Å². The summed E-state index contributed by atoms with van der Waals surface area (Å²) >= 11 is 0. The van der Waals surface area contributed by atoms with Crippen molar-refractivity contribution in [3.8, 4) is 62.1 Å². The van der Waals surface area contributed by atoms with Crippen molar-refractivity contribution in [2.75, 3.05) is 0 Å². The Kier molecular flexibility index (Phi) is 7.42. The minimum Gasteiger partial charge on any atom is -0.456 e. The van der Waals surface area contributed by atoms with Gasteiger partial charge in [-0.3, -0.25) is 0 Å². The number of nitrogens with zero attached hydrogens (tertiary/aromatic N) is 4. The summed E-state index contributed by atoms with van der Waals surface area (Å²) in [5, 5.41) is 4.55. The van der Waals surface area contributed by atoms with E-state index in [4.69, 9.17) is 19.4 Å². The molecule has 0 saturated heterocycles. The predicted molar refractivity (Wildman–Crippen MR) is 229 cm³/mol. The van der Waals surface area contributed by atoms with Crippen LogP contribution in [0, 0.1) is 0 Å². The van der Waals surface area contributed by atoms with E-state index in [1.165, 1.54) is 10.8 Å². The number of rotatable bonds is 6. The molecule has 0 atom stereocenters. The zero-order valence-corrected chi connectivity index (χ0v) is 30.2. The second-order valence-corrected chi connectivity index (χ2v) is 14.0. The van der Waals surface area contributed by atoms with Crippen molar-refractivity contribution in [1.82, 2.24) is 19.5 Å². The third-order valence-corrected chi connectivity index (χ3v) is 10.7. The Morgan fingerprint density at radius 2 is 0.839 bits per heavy atom. The molecular weight excluding hydrogens is 685 g/mol. The Morgan fingerprint density at radius 1 is 0.339 bits per heavy atom. The molecule has 3 heterocycles. The normalized spacial score (nSPS) is 11.6. The first-order valence-electron chi connectivity index (χ1n) is 18.8. The molecule has 11 rings (SSSR count). The molecule has 0 N–H and O–H groups in total. The van der Waals surface area contributed by atoms with Crippen LogP contribution in [0.3, 0.4) is 0 Å². The molecule has 0 unspecified atom stereocenters. The molecule has 5 heteroatoms. The van der Waals surface area contributed by atoms with Crippen LogP contribution in [-0.4, -0.2) is 19.5 Å². The molecule has 0 fully saturated rings. The van der Waals surface area contributed by atoms with Crippen molar-refractivity contribution in [3.63, 3.8) is 0 Å². The summed E-state index contributed by atoms with van der Waals surface area (Å²) in [6.07, 6.45) is 0. The third-order valence-electron chi connectivity index (χ3n) is 10.7. The van der Waals surface area contributed by atoms with Gasteiger partial charge in [0.1, 0.15) is 11.2 Å². The molecule has 0 bridgehead atoms. The average molecular weight is 717 g/mol. The van der Waals surface area contributed by atoms with Crippen molar-refractivity contribution in [2.24, 2.45) is 0 Å². The van der Waals surface area contributed by atoms with Gasteiger partial charge in [-0.1, -0.05) is 158 Å². The fraction of sp³-hybridized carbons (Fsp3) is 0. The Balaban J connectivity index is 1.17. The average Bonchev–Trinajstić information content (AvgIpc) is 3.82. The highest BCUT2D eigenvalue weighted by atomic mass is 16.3. The minimum absolute atomic E-state index is 0.568. The highest BCUT2D eigenvalue weighted by Crippen LogP contribution is 2.41. The Labute approximate surface area is 322 Å². The summed E-state index contributed by atoms with van der Waals surface area (Å²) in [7, 11) is 0. The van der Waals surface area contributed by atoms with Gasteiger partial charge in [-0.25, -0.2) is 15.0 Å². The topological polar surface area (TPSA) is 56.7 Å². The second kappa shape index (κ2) is 13.0. The molecular formula is C51H32N4O. The van der Waals surface area contributed by atoms with Crippen molar-refractivity contribution in [1.29, 1.82) is 0 Å². The van der Waals surface area contributed by atoms with Gasteiger partial charge in [0.2, 0.25) is 0 Å². The molecule has 3 aromatic heterocycles. The van der Waals surface area contributed by atoms with Gasteiger partial charge in [-0.2, -0.15) is 0 Å². The number of aromatic nitrogens is 4. The maximum Gasteiger partial charge on any atom is 0.164 e. The molecule has 0 amide bonds. The quantitative estimate of drug-likeness (QED) is 0.172. The Morgan fingerprint density at radius 3 is 1.48 bits per heavy atom. The molecule has 0 saturated carbocycles. The first-order chi connectivity index (χ1) is 27.8. The fourth-order valence-electron chi connectivity index (χ4n) is 8.08. The van der Waals surface area contributed by atoms with E-state index in [0.29, 0.717) is 17.5 Å². The van der Waals surface area contributed by atoms with Crippen LogP contribution in [0.4, 0.5) is 0 Å². The van der Waals surface area contributed by atoms with E-state index in [1.54, 1.807) is 0 Å². The lowest BCUT2D eigenvalue weighted by Crippen LogP contribution is -2.02. The zero-order valence-electron chi connectivity index (χ0n) is 30.2. The van der Waals surface area contributed by atoms with Gasteiger partial charge in [0.15, 0.2) is 17.5 Å². The molecule has 11 aromatic rings. The van der Waals surface area contributed by atoms with Crippen LogP contribution >= 0.6 is 0 Å². The van der Waals surface area contributed by atoms with Gasteiger partial charge in [0, 0.05) is 43.8 Å². The lowest BCUT2D eigenvalue weighted by Gasteiger charge is -2.16. The van der Waals surface area contributed by atoms with Crippen LogP contribution < -0.4 is 0 Å². The molecule has 0 aliphatic carbocycles. The van der Waals surface area contributed by atoms with Gasteiger partial charge in [-0.05, 0) is 53.1 Å². The Hall–Kier alpha value is -7.63. The largest absolute Gasteiger partial charge is 0.456 e. The van der Waals surface area contributed by atoms with Crippen molar-refractivity contribution >= 4 is 43.7 Å². The fourth-order valence-corrected chi connectivity index (χ4v) is 8.08. The molecule has 56 heavy (non-hydrogen) atoms. The summed E-state index contributed by atoms with van der Waals surface area (Å²) in [6.45, 7) is 0. The van der Waals surface area contributed by atoms with E-state index >= 15 is 0 Å². The molecule has 262 valence electrons. The number of para-hydroxylation sites is 3. The van der Waals surface area contributed by atoms with Gasteiger partial charge >= 0.3 is 0 Å². The predicted octanol–water partition coefficient (Wildman–Crippen LogP) is 13.2. The zero-order chi connectivity index (χ0) is 37.0. The second-order valence-electron chi connectivity index (χ2n) is 14.0. The summed E-state index contributed by atoms with van der Waals surface area (Å²) in [5.41, 5.74) is 12.0. The van der Waals surface area contributed by atoms with E-state index in [2.05, 4.69) is 150 Å². The number of hydrogen-bond acceptors (Lipinski definition) is 4. The maximum atomic E-state index is 6.52. The highest BCUT2D eigenvalue weighted by molar-refractivity contribution is 6.14. The van der Waals surface area contributed by atoms with Crippen LogP contribution in [0.2, 0.25) is 0 Å². The SMILES string of the molecule is c1ccc(-c2nc(-c3ccc(-c4ccccc4)c(-n4c5ccccc5c5ccccc54)c3)nc(-c3cc(-c4ccccc4)c4c(c3)oc3ccccc34)n2)cc1. The van der Waals surface area contributed by atoms with Gasteiger partial charge < -0.3 is 8.98 Å². The standard InChI is InChI=1S/C51H32N4O/c1-4-16-33(17-5-1)38-29-28-36(31-45(38)55-43-25-13-10-22-39(43)40-23-11-14-26-44(40)55)50-52-49(35-20-8-3-9-21-35)53-51(54-50)37-30-42(34-18-6-2-7-19-34)48-41-24-12-15-27-46(41)56-47(48)32-37/h1-32H. The van der Waals surface area contributed by atoms with Crippen molar-refractivity contribution in [3.05, 3.63) is 194 Å². The monoisotopic (exact) mass is 716 g/mol. The summed E-state index contributed by atoms with van der Waals surface area (Å²) in [6, 6.07) is 67.4. The maximum absolute atomic E-state index is 6.52. The summed E-state index contributed by atoms with van der Waals surface area (Å²) < 4.78 is 8.89. The molecule has 5 nitrogen and oxygen atoms in total. The van der Waals surface area contributed by atoms with Crippen LogP contribution in [0.25, 0.3) is 106 Å². The van der Waals surface area contributed by atoms with Crippen LogP contribution in [0.15, 0.2) is 199 Å². The number of furan rings is 1. The van der Waals surface area contributed by atoms with E-state index in [9.17, 15) is 0 Å². The molecule has 0 spiro atoms. The van der Waals surface area contributed by atoms with Crippen LogP contribution in [-0.2, 0) is 0 Å².